The quantitative estimate of drug-likeness (QED) is 0.311. The van der Waals surface area contributed by atoms with Crippen molar-refractivity contribution in [2.24, 2.45) is 11.8 Å². The molecule has 1 aliphatic carbocycles. The van der Waals surface area contributed by atoms with Crippen LogP contribution in [0.15, 0.2) is 35.4 Å². The molecule has 0 bridgehead atoms. The van der Waals surface area contributed by atoms with E-state index in [4.69, 9.17) is 4.74 Å². The van der Waals surface area contributed by atoms with Crippen LogP contribution in [0, 0.1) is 18.8 Å². The molecule has 1 amide bonds. The van der Waals surface area contributed by atoms with Crippen molar-refractivity contribution in [3.8, 4) is 5.75 Å². The minimum absolute atomic E-state index is 0.0748. The number of carbonyl (C=O) groups is 2. The summed E-state index contributed by atoms with van der Waals surface area (Å²) in [4.78, 5) is 37.6. The summed E-state index contributed by atoms with van der Waals surface area (Å²) in [5, 5.41) is 12.5. The topological polar surface area (TPSA) is 92.6 Å². The molecule has 7 nitrogen and oxygen atoms in total. The Labute approximate surface area is 200 Å². The Balaban J connectivity index is 1.30. The van der Waals surface area contributed by atoms with Crippen LogP contribution in [0.3, 0.4) is 0 Å². The monoisotopic (exact) mass is 483 g/mol. The number of amides is 1. The summed E-state index contributed by atoms with van der Waals surface area (Å²) >= 11 is 2.53. The SMILES string of the molecule is COc1ccc2nc(C)nc(SCC(=O)c3ccc([C@@](C)(O)C(=O)N4CC5CC5C4)s3)c2c1. The zero-order valence-electron chi connectivity index (χ0n) is 18.7. The Morgan fingerprint density at radius 3 is 2.73 bits per heavy atom. The summed E-state index contributed by atoms with van der Waals surface area (Å²) in [6.45, 7) is 4.80. The number of methoxy groups -OCH3 is 1. The predicted molar refractivity (Wildman–Crippen MR) is 128 cm³/mol. The molecule has 2 aromatic heterocycles. The molecule has 1 N–H and O–H groups in total. The van der Waals surface area contributed by atoms with E-state index in [1.807, 2.05) is 25.1 Å². The lowest BCUT2D eigenvalue weighted by Crippen LogP contribution is -2.44. The number of benzene rings is 1. The number of nitrogens with zero attached hydrogens (tertiary/aromatic N) is 3. The molecule has 3 heterocycles. The van der Waals surface area contributed by atoms with Crippen LogP contribution >= 0.6 is 23.1 Å². The van der Waals surface area contributed by atoms with Crippen LogP contribution in [0.1, 0.15) is 33.7 Å². The predicted octanol–water partition coefficient (Wildman–Crippen LogP) is 3.67. The summed E-state index contributed by atoms with van der Waals surface area (Å²) in [6.07, 6.45) is 1.19. The number of aryl methyl sites for hydroxylation is 1. The minimum atomic E-state index is -1.62. The van der Waals surface area contributed by atoms with Gasteiger partial charge in [0.15, 0.2) is 11.4 Å². The van der Waals surface area contributed by atoms with Crippen LogP contribution < -0.4 is 4.74 Å². The first-order valence-corrected chi connectivity index (χ1v) is 12.7. The molecule has 0 spiro atoms. The summed E-state index contributed by atoms with van der Waals surface area (Å²) in [7, 11) is 1.60. The van der Waals surface area contributed by atoms with Gasteiger partial charge < -0.3 is 14.7 Å². The summed E-state index contributed by atoms with van der Waals surface area (Å²) < 4.78 is 5.32. The molecule has 2 unspecified atom stereocenters. The zero-order chi connectivity index (χ0) is 23.3. The lowest BCUT2D eigenvalue weighted by molar-refractivity contribution is -0.149. The summed E-state index contributed by atoms with van der Waals surface area (Å²) in [6, 6.07) is 8.98. The fraction of sp³-hybridized carbons (Fsp3) is 0.417. The van der Waals surface area contributed by atoms with Crippen LogP contribution in [-0.2, 0) is 10.4 Å². The van der Waals surface area contributed by atoms with Crippen molar-refractivity contribution in [3.05, 3.63) is 45.9 Å². The van der Waals surface area contributed by atoms with Gasteiger partial charge in [-0.1, -0.05) is 11.8 Å². The van der Waals surface area contributed by atoms with Crippen molar-refractivity contribution in [1.82, 2.24) is 14.9 Å². The molecule has 2 fully saturated rings. The van der Waals surface area contributed by atoms with Gasteiger partial charge in [-0.05, 0) is 62.4 Å². The molecule has 3 atom stereocenters. The van der Waals surface area contributed by atoms with Crippen LogP contribution in [0.25, 0.3) is 10.9 Å². The standard InChI is InChI=1S/C24H25N3O4S2/c1-13-25-18-5-4-16(31-3)9-17(18)22(26-13)32-12-19(28)20-6-7-21(33-20)24(2,30)23(29)27-10-14-8-15(14)11-27/h4-7,9,14-15,30H,8,10-12H2,1-3H3/t14?,15?,24-/m1/s1. The third-order valence-corrected chi connectivity index (χ3v) is 8.69. The lowest BCUT2D eigenvalue weighted by Gasteiger charge is -2.28. The number of ketones is 1. The summed E-state index contributed by atoms with van der Waals surface area (Å²) in [5.74, 6) is 2.38. The second-order valence-corrected chi connectivity index (χ2v) is 10.9. The van der Waals surface area contributed by atoms with E-state index in [0.29, 0.717) is 33.2 Å². The van der Waals surface area contributed by atoms with Crippen molar-refractivity contribution in [2.75, 3.05) is 26.0 Å². The van der Waals surface area contributed by atoms with Crippen LogP contribution in [-0.4, -0.2) is 57.6 Å². The molecule has 1 aromatic carbocycles. The zero-order valence-corrected chi connectivity index (χ0v) is 20.3. The van der Waals surface area contributed by atoms with Gasteiger partial charge in [-0.15, -0.1) is 11.3 Å². The molecule has 33 heavy (non-hydrogen) atoms. The molecule has 1 saturated carbocycles. The molecule has 1 aliphatic heterocycles. The van der Waals surface area contributed by atoms with Crippen molar-refractivity contribution in [3.63, 3.8) is 0 Å². The Morgan fingerprint density at radius 1 is 1.24 bits per heavy atom. The lowest BCUT2D eigenvalue weighted by atomic mass is 10.0. The van der Waals surface area contributed by atoms with Gasteiger partial charge in [0.2, 0.25) is 0 Å². The number of piperidine rings is 1. The van der Waals surface area contributed by atoms with Crippen molar-refractivity contribution < 1.29 is 19.4 Å². The number of thioether (sulfide) groups is 1. The van der Waals surface area contributed by atoms with Gasteiger partial charge in [-0.25, -0.2) is 9.97 Å². The highest BCUT2D eigenvalue weighted by Crippen LogP contribution is 2.46. The summed E-state index contributed by atoms with van der Waals surface area (Å²) in [5.41, 5.74) is -0.824. The van der Waals surface area contributed by atoms with E-state index in [9.17, 15) is 14.7 Å². The van der Waals surface area contributed by atoms with Crippen LogP contribution in [0.4, 0.5) is 0 Å². The van der Waals surface area contributed by atoms with Gasteiger partial charge in [0.1, 0.15) is 16.6 Å². The number of hydrogen-bond acceptors (Lipinski definition) is 8. The third kappa shape index (κ3) is 4.25. The fourth-order valence-corrected chi connectivity index (χ4v) is 6.37. The van der Waals surface area contributed by atoms with E-state index >= 15 is 0 Å². The molecule has 5 rings (SSSR count). The molecule has 2 aliphatic rings. The first-order valence-electron chi connectivity index (χ1n) is 10.9. The number of fused-ring (bicyclic) bond motifs is 2. The molecule has 3 aromatic rings. The minimum Gasteiger partial charge on any atom is -0.497 e. The Hall–Kier alpha value is -2.49. The van der Waals surface area contributed by atoms with Crippen molar-refractivity contribution >= 4 is 45.7 Å². The second-order valence-electron chi connectivity index (χ2n) is 8.87. The first kappa shape index (κ1) is 22.3. The molecule has 1 saturated heterocycles. The maximum atomic E-state index is 12.9. The Kier molecular flexibility index (Phi) is 5.66. The maximum absolute atomic E-state index is 12.9. The van der Waals surface area contributed by atoms with Crippen molar-refractivity contribution in [1.29, 1.82) is 0 Å². The van der Waals surface area contributed by atoms with E-state index < -0.39 is 5.60 Å². The van der Waals surface area contributed by atoms with Crippen LogP contribution in [0.2, 0.25) is 0 Å². The number of carbonyl (C=O) groups excluding carboxylic acids is 2. The molecule has 9 heteroatoms. The number of ether oxygens (including phenoxy) is 1. The van der Waals surface area contributed by atoms with Gasteiger partial charge in [0.25, 0.3) is 5.91 Å². The molecule has 172 valence electrons. The second kappa shape index (κ2) is 8.38. The van der Waals surface area contributed by atoms with E-state index in [1.54, 1.807) is 24.1 Å². The molecular formula is C24H25N3O4S2. The smallest absolute Gasteiger partial charge is 0.259 e. The molecular weight excluding hydrogens is 458 g/mol. The Morgan fingerprint density at radius 2 is 2.00 bits per heavy atom. The van der Waals surface area contributed by atoms with Gasteiger partial charge in [-0.2, -0.15) is 0 Å². The van der Waals surface area contributed by atoms with Crippen LogP contribution in [0.5, 0.6) is 5.75 Å². The van der Waals surface area contributed by atoms with E-state index in [-0.39, 0.29) is 17.4 Å². The fourth-order valence-electron chi connectivity index (χ4n) is 4.36. The van der Waals surface area contributed by atoms with Gasteiger partial charge in [0.05, 0.1) is 23.3 Å². The normalized spacial score (nSPS) is 21.0. The number of aliphatic hydroxyl groups is 1. The Bertz CT molecular complexity index is 1250. The maximum Gasteiger partial charge on any atom is 0.259 e. The average Bonchev–Trinajstić information content (AvgIpc) is 3.18. The number of rotatable bonds is 7. The number of hydrogen-bond donors (Lipinski definition) is 1. The number of Topliss-reactive ketones (excluding diaryl/α,β-unsaturated/α-hetero) is 1. The van der Waals surface area contributed by atoms with Crippen molar-refractivity contribution in [2.45, 2.75) is 30.9 Å². The van der Waals surface area contributed by atoms with Gasteiger partial charge in [0, 0.05) is 23.4 Å². The van der Waals surface area contributed by atoms with E-state index in [1.165, 1.54) is 36.4 Å². The number of aromatic nitrogens is 2. The highest BCUT2D eigenvalue weighted by molar-refractivity contribution is 8.00. The molecule has 0 radical (unpaired) electrons. The first-order chi connectivity index (χ1) is 15.8. The van der Waals surface area contributed by atoms with E-state index in [2.05, 4.69) is 9.97 Å². The number of thiophene rings is 1. The average molecular weight is 484 g/mol. The highest BCUT2D eigenvalue weighted by atomic mass is 32.2. The largest absolute Gasteiger partial charge is 0.497 e. The van der Waals surface area contributed by atoms with Gasteiger partial charge in [-0.3, -0.25) is 9.59 Å². The van der Waals surface area contributed by atoms with E-state index in [0.717, 1.165) is 29.0 Å². The number of likely N-dealkylation sites (tertiary alicyclic amines) is 1. The third-order valence-electron chi connectivity index (χ3n) is 6.36. The highest BCUT2D eigenvalue weighted by Gasteiger charge is 2.50. The van der Waals surface area contributed by atoms with Gasteiger partial charge >= 0.3 is 0 Å².